The Bertz CT molecular complexity index is 479. The van der Waals surface area contributed by atoms with Gasteiger partial charge in [-0.1, -0.05) is 19.8 Å². The number of alkyl carbamates (subject to hydrolysis) is 1. The molecule has 1 atom stereocenters. The summed E-state index contributed by atoms with van der Waals surface area (Å²) >= 11 is 1.52. The third-order valence-corrected chi connectivity index (χ3v) is 4.05. The predicted octanol–water partition coefficient (Wildman–Crippen LogP) is 4.17. The van der Waals surface area contributed by atoms with Gasteiger partial charge in [-0.15, -0.1) is 11.8 Å². The van der Waals surface area contributed by atoms with Gasteiger partial charge >= 0.3 is 6.09 Å². The van der Waals surface area contributed by atoms with Crippen LogP contribution in [0.1, 0.15) is 52.5 Å². The molecule has 1 rings (SSSR count). The number of furan rings is 1. The summed E-state index contributed by atoms with van der Waals surface area (Å²) in [6.45, 7) is 7.46. The summed E-state index contributed by atoms with van der Waals surface area (Å²) in [6, 6.07) is 1.40. The first-order valence-electron chi connectivity index (χ1n) is 7.93. The quantitative estimate of drug-likeness (QED) is 0.730. The summed E-state index contributed by atoms with van der Waals surface area (Å²) < 4.78 is 10.2. The van der Waals surface area contributed by atoms with E-state index in [0.717, 1.165) is 24.2 Å². The van der Waals surface area contributed by atoms with Crippen LogP contribution < -0.4 is 5.32 Å². The van der Waals surface area contributed by atoms with Crippen LogP contribution in [0.15, 0.2) is 23.0 Å². The number of Topliss-reactive ketones (excluding diaryl/α,β-unsaturated/α-hetero) is 1. The monoisotopic (exact) mass is 341 g/mol. The average molecular weight is 341 g/mol. The molecular weight excluding hydrogens is 314 g/mol. The SMILES string of the molecule is CCCC[C@H](NC(=O)OC(C)(C)C)C(=O)CSCc1ccoc1. The molecule has 23 heavy (non-hydrogen) atoms. The fourth-order valence-electron chi connectivity index (χ4n) is 1.92. The molecule has 0 aliphatic carbocycles. The maximum absolute atomic E-state index is 12.4. The second-order valence-electron chi connectivity index (χ2n) is 6.43. The summed E-state index contributed by atoms with van der Waals surface area (Å²) in [7, 11) is 0. The highest BCUT2D eigenvalue weighted by Crippen LogP contribution is 2.15. The van der Waals surface area contributed by atoms with Gasteiger partial charge in [-0.25, -0.2) is 4.79 Å². The number of ketones is 1. The zero-order chi connectivity index (χ0) is 17.3. The third kappa shape index (κ3) is 8.69. The van der Waals surface area contributed by atoms with Crippen molar-refractivity contribution in [2.24, 2.45) is 0 Å². The van der Waals surface area contributed by atoms with Gasteiger partial charge in [0.2, 0.25) is 0 Å². The highest BCUT2D eigenvalue weighted by atomic mass is 32.2. The molecule has 130 valence electrons. The van der Waals surface area contributed by atoms with Gasteiger partial charge in [0.1, 0.15) is 5.60 Å². The van der Waals surface area contributed by atoms with Crippen LogP contribution in [0.4, 0.5) is 4.79 Å². The number of hydrogen-bond donors (Lipinski definition) is 1. The smallest absolute Gasteiger partial charge is 0.408 e. The highest BCUT2D eigenvalue weighted by Gasteiger charge is 2.23. The average Bonchev–Trinajstić information content (AvgIpc) is 2.94. The summed E-state index contributed by atoms with van der Waals surface area (Å²) in [5.41, 5.74) is 0.478. The van der Waals surface area contributed by atoms with Crippen LogP contribution in [0.25, 0.3) is 0 Å². The van der Waals surface area contributed by atoms with Crippen LogP contribution in [-0.2, 0) is 15.3 Å². The molecule has 0 aromatic carbocycles. The third-order valence-electron chi connectivity index (χ3n) is 3.02. The van der Waals surface area contributed by atoms with Crippen molar-refractivity contribution in [3.8, 4) is 0 Å². The molecule has 0 bridgehead atoms. The Morgan fingerprint density at radius 2 is 2.13 bits per heavy atom. The number of hydrogen-bond acceptors (Lipinski definition) is 5. The van der Waals surface area contributed by atoms with Gasteiger partial charge in [0.25, 0.3) is 0 Å². The van der Waals surface area contributed by atoms with E-state index in [1.165, 1.54) is 11.8 Å². The standard InChI is InChI=1S/C17H27NO4S/c1-5-6-7-14(18-16(20)22-17(2,3)4)15(19)12-23-11-13-8-9-21-10-13/h8-10,14H,5-7,11-12H2,1-4H3,(H,18,20)/t14-/m0/s1. The van der Waals surface area contributed by atoms with Crippen molar-refractivity contribution in [3.05, 3.63) is 24.2 Å². The topological polar surface area (TPSA) is 68.5 Å². The minimum atomic E-state index is -0.571. The van der Waals surface area contributed by atoms with Gasteiger partial charge in [0, 0.05) is 11.3 Å². The van der Waals surface area contributed by atoms with Crippen molar-refractivity contribution >= 4 is 23.6 Å². The molecule has 0 fully saturated rings. The van der Waals surface area contributed by atoms with Gasteiger partial charge in [0.15, 0.2) is 5.78 Å². The minimum absolute atomic E-state index is 0.0257. The van der Waals surface area contributed by atoms with Crippen LogP contribution in [0, 0.1) is 0 Å². The van der Waals surface area contributed by atoms with E-state index in [1.807, 2.05) is 6.07 Å². The summed E-state index contributed by atoms with van der Waals surface area (Å²) in [5.74, 6) is 1.10. The van der Waals surface area contributed by atoms with Gasteiger partial charge in [-0.05, 0) is 33.3 Å². The second-order valence-corrected chi connectivity index (χ2v) is 7.42. The van der Waals surface area contributed by atoms with Gasteiger partial charge in [0.05, 0.1) is 24.3 Å². The van der Waals surface area contributed by atoms with E-state index in [9.17, 15) is 9.59 Å². The molecule has 1 aromatic rings. The molecule has 0 aliphatic rings. The lowest BCUT2D eigenvalue weighted by atomic mass is 10.1. The van der Waals surface area contributed by atoms with Gasteiger partial charge in [-0.3, -0.25) is 4.79 Å². The molecule has 1 aromatic heterocycles. The van der Waals surface area contributed by atoms with E-state index < -0.39 is 17.7 Å². The Hall–Kier alpha value is -1.43. The van der Waals surface area contributed by atoms with Crippen molar-refractivity contribution in [1.82, 2.24) is 5.32 Å². The van der Waals surface area contributed by atoms with Crippen LogP contribution in [-0.4, -0.2) is 29.3 Å². The zero-order valence-electron chi connectivity index (χ0n) is 14.4. The van der Waals surface area contributed by atoms with Crippen LogP contribution in [0.3, 0.4) is 0 Å². The highest BCUT2D eigenvalue weighted by molar-refractivity contribution is 7.99. The van der Waals surface area contributed by atoms with Crippen LogP contribution >= 0.6 is 11.8 Å². The van der Waals surface area contributed by atoms with Crippen molar-refractivity contribution in [2.45, 2.75) is 64.4 Å². The first-order valence-corrected chi connectivity index (χ1v) is 9.08. The van der Waals surface area contributed by atoms with Gasteiger partial charge in [-0.2, -0.15) is 0 Å². The fourth-order valence-corrected chi connectivity index (χ4v) is 2.82. The predicted molar refractivity (Wildman–Crippen MR) is 92.6 cm³/mol. The number of thioether (sulfide) groups is 1. The molecule has 1 heterocycles. The maximum Gasteiger partial charge on any atom is 0.408 e. The molecular formula is C17H27NO4S. The van der Waals surface area contributed by atoms with E-state index in [-0.39, 0.29) is 5.78 Å². The van der Waals surface area contributed by atoms with Crippen molar-refractivity contribution < 1.29 is 18.7 Å². The Kier molecular flexibility index (Phi) is 8.23. The molecule has 0 spiro atoms. The molecule has 5 nitrogen and oxygen atoms in total. The van der Waals surface area contributed by atoms with E-state index in [1.54, 1.807) is 33.3 Å². The summed E-state index contributed by atoms with van der Waals surface area (Å²) in [5, 5.41) is 2.71. The first kappa shape index (κ1) is 19.6. The van der Waals surface area contributed by atoms with E-state index in [4.69, 9.17) is 9.15 Å². The minimum Gasteiger partial charge on any atom is -0.472 e. The van der Waals surface area contributed by atoms with E-state index >= 15 is 0 Å². The van der Waals surface area contributed by atoms with Gasteiger partial charge < -0.3 is 14.5 Å². The molecule has 0 saturated carbocycles. The molecule has 0 radical (unpaired) electrons. The number of ether oxygens (including phenoxy) is 1. The lowest BCUT2D eigenvalue weighted by molar-refractivity contribution is -0.118. The number of carbonyl (C=O) groups is 2. The Morgan fingerprint density at radius 3 is 2.70 bits per heavy atom. The van der Waals surface area contributed by atoms with Crippen molar-refractivity contribution in [2.75, 3.05) is 5.75 Å². The number of carbonyl (C=O) groups excluding carboxylic acids is 2. The molecule has 1 N–H and O–H groups in total. The second kappa shape index (κ2) is 9.65. The molecule has 0 unspecified atom stereocenters. The largest absolute Gasteiger partial charge is 0.472 e. The first-order chi connectivity index (χ1) is 10.8. The number of unbranched alkanes of at least 4 members (excludes halogenated alkanes) is 1. The summed E-state index contributed by atoms with van der Waals surface area (Å²) in [6.07, 6.45) is 5.25. The number of nitrogens with one attached hydrogen (secondary N) is 1. The Balaban J connectivity index is 2.47. The molecule has 0 saturated heterocycles. The number of amides is 1. The van der Waals surface area contributed by atoms with E-state index in [0.29, 0.717) is 12.2 Å². The van der Waals surface area contributed by atoms with Crippen LogP contribution in [0.5, 0.6) is 0 Å². The fraction of sp³-hybridized carbons (Fsp3) is 0.647. The number of rotatable bonds is 9. The molecule has 0 aliphatic heterocycles. The van der Waals surface area contributed by atoms with E-state index in [2.05, 4.69) is 12.2 Å². The lowest BCUT2D eigenvalue weighted by Gasteiger charge is -2.23. The van der Waals surface area contributed by atoms with Crippen molar-refractivity contribution in [1.29, 1.82) is 0 Å². The Morgan fingerprint density at radius 1 is 1.39 bits per heavy atom. The normalized spacial score (nSPS) is 12.7. The Labute approximate surface area is 142 Å². The lowest BCUT2D eigenvalue weighted by Crippen LogP contribution is -2.44. The molecule has 6 heteroatoms. The summed E-state index contributed by atoms with van der Waals surface area (Å²) in [4.78, 5) is 24.3. The zero-order valence-corrected chi connectivity index (χ0v) is 15.2. The van der Waals surface area contributed by atoms with Crippen LogP contribution in [0.2, 0.25) is 0 Å². The maximum atomic E-state index is 12.4. The molecule has 1 amide bonds. The van der Waals surface area contributed by atoms with Crippen molar-refractivity contribution in [3.63, 3.8) is 0 Å².